The number of carbonyl (C=O) groups excluding carboxylic acids is 3. The monoisotopic (exact) mass is 450 g/mol. The molecule has 1 heterocycles. The minimum atomic E-state index is -3.97. The van der Waals surface area contributed by atoms with E-state index in [0.717, 1.165) is 19.3 Å². The average molecular weight is 451 g/mol. The zero-order chi connectivity index (χ0) is 21.9. The Bertz CT molecular complexity index is 1060. The number of aryl methyl sites for hydroxylation is 2. The minimum absolute atomic E-state index is 0.0617. The Labute approximate surface area is 178 Å². The fraction of sp³-hybridized carbons (Fsp3) is 0.316. The molecule has 11 heteroatoms. The molecule has 1 aliphatic carbocycles. The number of nitrogens with one attached hydrogen (secondary N) is 4. The molecule has 4 N–H and O–H groups in total. The normalized spacial score (nSPS) is 13.9. The molecule has 0 aliphatic heterocycles. The molecular formula is C19H22N4O5S2. The Morgan fingerprint density at radius 2 is 1.77 bits per heavy atom. The lowest BCUT2D eigenvalue weighted by molar-refractivity contribution is -0.123. The van der Waals surface area contributed by atoms with Crippen LogP contribution in [0.25, 0.3) is 0 Å². The second-order valence-electron chi connectivity index (χ2n) is 6.90. The number of fused-ring (bicyclic) bond motifs is 1. The van der Waals surface area contributed by atoms with Crippen molar-refractivity contribution >= 4 is 44.8 Å². The number of hydrogen-bond donors (Lipinski definition) is 4. The molecule has 1 aromatic carbocycles. The molecule has 0 unspecified atom stereocenters. The van der Waals surface area contributed by atoms with Crippen LogP contribution in [0.15, 0.2) is 35.2 Å². The van der Waals surface area contributed by atoms with Crippen LogP contribution in [0.2, 0.25) is 0 Å². The molecule has 0 saturated heterocycles. The maximum absolute atomic E-state index is 12.5. The van der Waals surface area contributed by atoms with E-state index in [0.29, 0.717) is 10.6 Å². The van der Waals surface area contributed by atoms with Crippen LogP contribution in [0, 0.1) is 0 Å². The Balaban J connectivity index is 1.54. The Kier molecular flexibility index (Phi) is 6.54. The Morgan fingerprint density at radius 1 is 1.07 bits per heavy atom. The van der Waals surface area contributed by atoms with Crippen molar-refractivity contribution < 1.29 is 22.8 Å². The molecule has 0 bridgehead atoms. The van der Waals surface area contributed by atoms with E-state index in [1.165, 1.54) is 59.9 Å². The number of amides is 3. The molecular weight excluding hydrogens is 428 g/mol. The van der Waals surface area contributed by atoms with Gasteiger partial charge in [-0.1, -0.05) is 0 Å². The zero-order valence-corrected chi connectivity index (χ0v) is 18.1. The zero-order valence-electron chi connectivity index (χ0n) is 16.4. The SMILES string of the molecule is CC(=O)Nc1ccc(S(=O)(=O)N[C@@H](C)C(=O)NNC(=O)c2cc3c(s2)CCC3)cc1. The molecule has 0 fully saturated rings. The number of sulfonamides is 1. The summed E-state index contributed by atoms with van der Waals surface area (Å²) in [5.74, 6) is -1.42. The third-order valence-corrected chi connectivity index (χ3v) is 7.27. The van der Waals surface area contributed by atoms with Gasteiger partial charge in [-0.2, -0.15) is 4.72 Å². The number of anilines is 1. The predicted molar refractivity (Wildman–Crippen MR) is 112 cm³/mol. The highest BCUT2D eigenvalue weighted by molar-refractivity contribution is 7.89. The summed E-state index contributed by atoms with van der Waals surface area (Å²) in [6, 6.07) is 6.22. The Morgan fingerprint density at radius 3 is 2.40 bits per heavy atom. The van der Waals surface area contributed by atoms with Gasteiger partial charge in [0.15, 0.2) is 0 Å². The van der Waals surface area contributed by atoms with Crippen LogP contribution >= 0.6 is 11.3 Å². The first kappa shape index (κ1) is 21.9. The molecule has 1 aliphatic rings. The molecule has 160 valence electrons. The van der Waals surface area contributed by atoms with Gasteiger partial charge in [-0.15, -0.1) is 11.3 Å². The highest BCUT2D eigenvalue weighted by Gasteiger charge is 2.23. The summed E-state index contributed by atoms with van der Waals surface area (Å²) < 4.78 is 27.2. The summed E-state index contributed by atoms with van der Waals surface area (Å²) in [5.41, 5.74) is 6.18. The van der Waals surface area contributed by atoms with E-state index in [4.69, 9.17) is 0 Å². The first-order chi connectivity index (χ1) is 14.2. The first-order valence-electron chi connectivity index (χ1n) is 9.27. The van der Waals surface area contributed by atoms with E-state index in [1.54, 1.807) is 0 Å². The van der Waals surface area contributed by atoms with Gasteiger partial charge in [0.1, 0.15) is 0 Å². The van der Waals surface area contributed by atoms with E-state index < -0.39 is 27.9 Å². The molecule has 0 saturated carbocycles. The number of hydrazine groups is 1. The summed E-state index contributed by atoms with van der Waals surface area (Å²) in [4.78, 5) is 37.1. The maximum Gasteiger partial charge on any atom is 0.279 e. The average Bonchev–Trinajstić information content (AvgIpc) is 3.27. The second-order valence-corrected chi connectivity index (χ2v) is 9.76. The second kappa shape index (κ2) is 8.94. The number of carbonyl (C=O) groups is 3. The minimum Gasteiger partial charge on any atom is -0.326 e. The van der Waals surface area contributed by atoms with E-state index in [9.17, 15) is 22.8 Å². The number of thiophene rings is 1. The van der Waals surface area contributed by atoms with E-state index >= 15 is 0 Å². The van der Waals surface area contributed by atoms with Crippen molar-refractivity contribution in [1.82, 2.24) is 15.6 Å². The van der Waals surface area contributed by atoms with Crippen molar-refractivity contribution in [3.05, 3.63) is 45.6 Å². The molecule has 3 rings (SSSR count). The summed E-state index contributed by atoms with van der Waals surface area (Å²) in [5, 5.41) is 2.54. The number of hydrogen-bond acceptors (Lipinski definition) is 6. The van der Waals surface area contributed by atoms with Crippen LogP contribution < -0.4 is 20.9 Å². The molecule has 9 nitrogen and oxygen atoms in total. The third kappa shape index (κ3) is 5.23. The maximum atomic E-state index is 12.5. The third-order valence-electron chi connectivity index (χ3n) is 4.48. The van der Waals surface area contributed by atoms with Crippen LogP contribution in [0.1, 0.15) is 40.4 Å². The lowest BCUT2D eigenvalue weighted by Gasteiger charge is -2.15. The van der Waals surface area contributed by atoms with Crippen LogP contribution in [-0.4, -0.2) is 32.2 Å². The predicted octanol–water partition coefficient (Wildman–Crippen LogP) is 1.32. The highest BCUT2D eigenvalue weighted by Crippen LogP contribution is 2.30. The van der Waals surface area contributed by atoms with Gasteiger partial charge in [-0.05, 0) is 62.1 Å². The molecule has 2 aromatic rings. The standard InChI is InChI=1S/C19H22N4O5S2/c1-11(23-30(27,28)15-8-6-14(7-9-15)20-12(2)24)18(25)21-22-19(26)17-10-13-4-3-5-16(13)29-17/h6-11,23H,3-5H2,1-2H3,(H,20,24)(H,21,25)(H,22,26)/t11-/m0/s1. The van der Waals surface area contributed by atoms with Gasteiger partial charge in [0.25, 0.3) is 11.8 Å². The summed E-state index contributed by atoms with van der Waals surface area (Å²) in [6.45, 7) is 2.71. The molecule has 0 spiro atoms. The fourth-order valence-electron chi connectivity index (χ4n) is 3.00. The van der Waals surface area contributed by atoms with Crippen molar-refractivity contribution in [3.63, 3.8) is 0 Å². The van der Waals surface area contributed by atoms with E-state index in [2.05, 4.69) is 20.9 Å². The van der Waals surface area contributed by atoms with Crippen molar-refractivity contribution in [3.8, 4) is 0 Å². The summed E-state index contributed by atoms with van der Waals surface area (Å²) in [6.07, 6.45) is 3.01. The van der Waals surface area contributed by atoms with Crippen molar-refractivity contribution in [2.24, 2.45) is 0 Å². The quantitative estimate of drug-likeness (QED) is 0.493. The van der Waals surface area contributed by atoms with E-state index in [-0.39, 0.29) is 10.8 Å². The first-order valence-corrected chi connectivity index (χ1v) is 11.6. The molecule has 30 heavy (non-hydrogen) atoms. The topological polar surface area (TPSA) is 133 Å². The fourth-order valence-corrected chi connectivity index (χ4v) is 5.36. The smallest absolute Gasteiger partial charge is 0.279 e. The van der Waals surface area contributed by atoms with Crippen LogP contribution in [0.5, 0.6) is 0 Å². The highest BCUT2D eigenvalue weighted by atomic mass is 32.2. The molecule has 1 atom stereocenters. The lowest BCUT2D eigenvalue weighted by Crippen LogP contribution is -2.50. The van der Waals surface area contributed by atoms with Gasteiger partial charge in [0, 0.05) is 17.5 Å². The number of rotatable bonds is 6. The Hall–Kier alpha value is -2.76. The van der Waals surface area contributed by atoms with Crippen molar-refractivity contribution in [2.75, 3.05) is 5.32 Å². The number of benzene rings is 1. The summed E-state index contributed by atoms with van der Waals surface area (Å²) >= 11 is 1.40. The van der Waals surface area contributed by atoms with Gasteiger partial charge in [-0.3, -0.25) is 25.2 Å². The van der Waals surface area contributed by atoms with Crippen LogP contribution in [0.4, 0.5) is 5.69 Å². The van der Waals surface area contributed by atoms with Gasteiger partial charge in [0.05, 0.1) is 15.8 Å². The van der Waals surface area contributed by atoms with Crippen LogP contribution in [-0.2, 0) is 32.5 Å². The van der Waals surface area contributed by atoms with Crippen molar-refractivity contribution in [1.29, 1.82) is 0 Å². The molecule has 1 aromatic heterocycles. The molecule has 0 radical (unpaired) electrons. The van der Waals surface area contributed by atoms with E-state index in [1.807, 2.05) is 6.07 Å². The van der Waals surface area contributed by atoms with Gasteiger partial charge in [-0.25, -0.2) is 8.42 Å². The lowest BCUT2D eigenvalue weighted by atomic mass is 10.2. The van der Waals surface area contributed by atoms with Gasteiger partial charge in [0.2, 0.25) is 15.9 Å². The van der Waals surface area contributed by atoms with Gasteiger partial charge < -0.3 is 5.32 Å². The molecule has 3 amide bonds. The van der Waals surface area contributed by atoms with Crippen LogP contribution in [0.3, 0.4) is 0 Å². The summed E-state index contributed by atoms with van der Waals surface area (Å²) in [7, 11) is -3.97. The largest absolute Gasteiger partial charge is 0.326 e. The van der Waals surface area contributed by atoms with Crippen molar-refractivity contribution in [2.45, 2.75) is 44.0 Å². The van der Waals surface area contributed by atoms with Gasteiger partial charge >= 0.3 is 0 Å².